The van der Waals surface area contributed by atoms with Crippen LogP contribution in [0.5, 0.6) is 0 Å². The molecule has 1 aromatic carbocycles. The molecule has 190 valence electrons. The molecule has 0 bridgehead atoms. The molecule has 0 radical (unpaired) electrons. The van der Waals surface area contributed by atoms with Gasteiger partial charge in [-0.1, -0.05) is 30.3 Å². The normalized spacial score (nSPS) is 25.4. The lowest BCUT2D eigenvalue weighted by atomic mass is 9.77. The number of hydrogen-bond acceptors (Lipinski definition) is 6. The maximum atomic E-state index is 13.5. The van der Waals surface area contributed by atoms with Crippen LogP contribution in [0.3, 0.4) is 0 Å². The molecule has 1 aromatic rings. The van der Waals surface area contributed by atoms with Gasteiger partial charge in [-0.3, -0.25) is 14.4 Å². The van der Waals surface area contributed by atoms with Gasteiger partial charge in [-0.05, 0) is 45.1 Å². The minimum absolute atomic E-state index is 0.00761. The summed E-state index contributed by atoms with van der Waals surface area (Å²) >= 11 is 0. The highest BCUT2D eigenvalue weighted by Crippen LogP contribution is 2.44. The fraction of sp³-hybridized carbons (Fsp3) is 0.600. The number of benzene rings is 1. The fourth-order valence-corrected chi connectivity index (χ4v) is 5.47. The molecule has 2 N–H and O–H groups in total. The fourth-order valence-electron chi connectivity index (χ4n) is 5.47. The van der Waals surface area contributed by atoms with Crippen molar-refractivity contribution in [1.82, 2.24) is 20.0 Å². The van der Waals surface area contributed by atoms with E-state index in [-0.39, 0.29) is 31.0 Å². The molecule has 3 saturated heterocycles. The van der Waals surface area contributed by atoms with Gasteiger partial charge in [0, 0.05) is 19.6 Å². The third-order valence-electron chi connectivity index (χ3n) is 7.48. The molecule has 0 saturated carbocycles. The minimum atomic E-state index is -1.26. The quantitative estimate of drug-likeness (QED) is 0.552. The van der Waals surface area contributed by atoms with Gasteiger partial charge in [0.25, 0.3) is 5.91 Å². The van der Waals surface area contributed by atoms with Crippen molar-refractivity contribution < 1.29 is 29.0 Å². The summed E-state index contributed by atoms with van der Waals surface area (Å²) in [6, 6.07) is 7.52. The van der Waals surface area contributed by atoms with Gasteiger partial charge in [0.2, 0.25) is 11.8 Å². The number of β-lactam (4-membered cyclic amide) rings is 1. The Morgan fingerprint density at radius 1 is 1.14 bits per heavy atom. The summed E-state index contributed by atoms with van der Waals surface area (Å²) in [5.41, 5.74) is -0.260. The van der Waals surface area contributed by atoms with Crippen LogP contribution in [0.1, 0.15) is 45.1 Å². The molecule has 3 heterocycles. The summed E-state index contributed by atoms with van der Waals surface area (Å²) in [4.78, 5) is 56.6. The van der Waals surface area contributed by atoms with E-state index in [1.54, 1.807) is 4.90 Å². The van der Waals surface area contributed by atoms with Crippen LogP contribution in [0.15, 0.2) is 30.3 Å². The highest BCUT2D eigenvalue weighted by atomic mass is 16.5. The third-order valence-corrected chi connectivity index (χ3v) is 7.48. The average molecular weight is 487 g/mol. The lowest BCUT2D eigenvalue weighted by Gasteiger charge is -2.57. The first-order valence-electron chi connectivity index (χ1n) is 12.3. The van der Waals surface area contributed by atoms with Crippen LogP contribution in [0, 0.1) is 0 Å². The zero-order chi connectivity index (χ0) is 25.2. The first kappa shape index (κ1) is 25.0. The van der Waals surface area contributed by atoms with E-state index in [1.807, 2.05) is 37.3 Å². The second-order valence-electron chi connectivity index (χ2n) is 9.64. The van der Waals surface area contributed by atoms with Crippen molar-refractivity contribution in [2.75, 3.05) is 26.2 Å². The van der Waals surface area contributed by atoms with E-state index in [1.165, 1.54) is 16.7 Å². The predicted octanol–water partition coefficient (Wildman–Crippen LogP) is 0.877. The molecule has 2 unspecified atom stereocenters. The highest BCUT2D eigenvalue weighted by Gasteiger charge is 2.65. The first-order valence-corrected chi connectivity index (χ1v) is 12.3. The predicted molar refractivity (Wildman–Crippen MR) is 126 cm³/mol. The number of nitrogens with zero attached hydrogens (tertiary/aromatic N) is 3. The van der Waals surface area contributed by atoms with Crippen molar-refractivity contribution in [3.8, 4) is 0 Å². The number of nitrogens with one attached hydrogen (secondary N) is 1. The molecule has 1 spiro atoms. The molecular weight excluding hydrogens is 452 g/mol. The van der Waals surface area contributed by atoms with Crippen LogP contribution >= 0.6 is 0 Å². The molecule has 0 aliphatic carbocycles. The van der Waals surface area contributed by atoms with Gasteiger partial charge in [0.15, 0.2) is 0 Å². The SMILES string of the molecule is CC1N(CC(=O)N2CCCC2)C(=O)C12CCCN2C(=O)[C@@H](NC(=O)OCc1ccccc1)[C@@H](C)O. The lowest BCUT2D eigenvalue weighted by molar-refractivity contribution is -0.180. The number of carbonyl (C=O) groups is 4. The van der Waals surface area contributed by atoms with Crippen LogP contribution < -0.4 is 5.32 Å². The summed E-state index contributed by atoms with van der Waals surface area (Å²) in [5.74, 6) is -0.850. The van der Waals surface area contributed by atoms with E-state index < -0.39 is 29.7 Å². The number of aliphatic hydroxyl groups excluding tert-OH is 1. The molecule has 3 aliphatic rings. The molecular formula is C25H34N4O6. The molecule has 10 heteroatoms. The van der Waals surface area contributed by atoms with Gasteiger partial charge in [0.05, 0.1) is 12.1 Å². The monoisotopic (exact) mass is 486 g/mol. The molecule has 0 aromatic heterocycles. The zero-order valence-electron chi connectivity index (χ0n) is 20.3. The summed E-state index contributed by atoms with van der Waals surface area (Å²) in [5, 5.41) is 12.8. The van der Waals surface area contributed by atoms with Crippen LogP contribution in [0.25, 0.3) is 0 Å². The standard InChI is InChI=1S/C25H34N4O6/c1-17(30)21(26-24(34)35-16-19-9-4-3-5-10-19)22(32)29-14-8-11-25(29)18(2)28(23(25)33)15-20(31)27-12-6-7-13-27/h3-5,9-10,17-18,21,30H,6-8,11-16H2,1-2H3,(H,26,34)/t17-,18?,21+,25?/m1/s1. The van der Waals surface area contributed by atoms with Crippen LogP contribution in [-0.2, 0) is 25.7 Å². The average Bonchev–Trinajstić information content (AvgIpc) is 3.56. The first-order chi connectivity index (χ1) is 16.8. The number of likely N-dealkylation sites (tertiary alicyclic amines) is 3. The second-order valence-corrected chi connectivity index (χ2v) is 9.64. The number of alkyl carbamates (subject to hydrolysis) is 1. The van der Waals surface area contributed by atoms with E-state index in [9.17, 15) is 24.3 Å². The Balaban J connectivity index is 1.40. The zero-order valence-corrected chi connectivity index (χ0v) is 20.3. The van der Waals surface area contributed by atoms with Gasteiger partial charge in [-0.2, -0.15) is 0 Å². The van der Waals surface area contributed by atoms with Crippen LogP contribution in [0.4, 0.5) is 4.79 Å². The lowest BCUT2D eigenvalue weighted by Crippen LogP contribution is -2.79. The molecule has 3 fully saturated rings. The maximum absolute atomic E-state index is 13.5. The summed E-state index contributed by atoms with van der Waals surface area (Å²) in [7, 11) is 0. The topological polar surface area (TPSA) is 119 Å². The van der Waals surface area contributed by atoms with Crippen LogP contribution in [0.2, 0.25) is 0 Å². The maximum Gasteiger partial charge on any atom is 0.408 e. The Labute approximate surface area is 205 Å². The van der Waals surface area contributed by atoms with Gasteiger partial charge in [-0.15, -0.1) is 0 Å². The summed E-state index contributed by atoms with van der Waals surface area (Å²) in [6.45, 7) is 5.07. The van der Waals surface area contributed by atoms with Gasteiger partial charge < -0.3 is 29.9 Å². The number of rotatable bonds is 7. The molecule has 4 amide bonds. The Morgan fingerprint density at radius 3 is 2.46 bits per heavy atom. The largest absolute Gasteiger partial charge is 0.445 e. The number of carbonyl (C=O) groups excluding carboxylic acids is 4. The van der Waals surface area contributed by atoms with Crippen molar-refractivity contribution in [3.05, 3.63) is 35.9 Å². The van der Waals surface area contributed by atoms with Crippen LogP contribution in [-0.4, -0.2) is 93.5 Å². The van der Waals surface area contributed by atoms with E-state index >= 15 is 0 Å². The molecule has 35 heavy (non-hydrogen) atoms. The van der Waals surface area contributed by atoms with Crippen molar-refractivity contribution in [3.63, 3.8) is 0 Å². The second kappa shape index (κ2) is 10.2. The molecule has 3 aliphatic heterocycles. The number of ether oxygens (including phenoxy) is 1. The van der Waals surface area contributed by atoms with E-state index in [2.05, 4.69) is 5.32 Å². The Bertz CT molecular complexity index is 964. The number of hydrogen-bond donors (Lipinski definition) is 2. The highest BCUT2D eigenvalue weighted by molar-refractivity contribution is 6.01. The van der Waals surface area contributed by atoms with E-state index in [4.69, 9.17) is 4.74 Å². The smallest absolute Gasteiger partial charge is 0.408 e. The Morgan fingerprint density at radius 2 is 1.83 bits per heavy atom. The van der Waals surface area contributed by atoms with Gasteiger partial charge in [0.1, 0.15) is 24.7 Å². The van der Waals surface area contributed by atoms with Gasteiger partial charge >= 0.3 is 6.09 Å². The molecule has 4 atom stereocenters. The summed E-state index contributed by atoms with van der Waals surface area (Å²) < 4.78 is 5.22. The summed E-state index contributed by atoms with van der Waals surface area (Å²) in [6.07, 6.45) is 1.04. The van der Waals surface area contributed by atoms with Crippen molar-refractivity contribution in [2.24, 2.45) is 0 Å². The number of aliphatic hydroxyl groups is 1. The van der Waals surface area contributed by atoms with Gasteiger partial charge in [-0.25, -0.2) is 4.79 Å². The van der Waals surface area contributed by atoms with E-state index in [0.717, 1.165) is 18.4 Å². The molecule has 4 rings (SSSR count). The van der Waals surface area contributed by atoms with Crippen molar-refractivity contribution in [2.45, 2.75) is 69.9 Å². The minimum Gasteiger partial charge on any atom is -0.445 e. The Kier molecular flexibility index (Phi) is 7.30. The van der Waals surface area contributed by atoms with Crippen molar-refractivity contribution in [1.29, 1.82) is 0 Å². The molecule has 10 nitrogen and oxygen atoms in total. The third kappa shape index (κ3) is 4.71. The van der Waals surface area contributed by atoms with Crippen molar-refractivity contribution >= 4 is 23.8 Å². The Hall–Kier alpha value is -3.14. The number of amides is 4. The van der Waals surface area contributed by atoms with E-state index in [0.29, 0.717) is 32.5 Å².